The minimum Gasteiger partial charge on any atom is -0.378 e. The molecular formula is C16H21N5O. The van der Waals surface area contributed by atoms with Gasteiger partial charge in [0, 0.05) is 45.1 Å². The second-order valence-corrected chi connectivity index (χ2v) is 5.36. The van der Waals surface area contributed by atoms with Gasteiger partial charge < -0.3 is 14.5 Å². The number of aromatic nitrogens is 3. The first-order valence-corrected chi connectivity index (χ1v) is 7.58. The van der Waals surface area contributed by atoms with Crippen LogP contribution in [0.15, 0.2) is 36.9 Å². The lowest BCUT2D eigenvalue weighted by Gasteiger charge is -2.28. The Morgan fingerprint density at radius 2 is 1.95 bits per heavy atom. The van der Waals surface area contributed by atoms with Crippen LogP contribution in [-0.4, -0.2) is 54.8 Å². The monoisotopic (exact) mass is 299 g/mol. The quantitative estimate of drug-likeness (QED) is 0.831. The minimum absolute atomic E-state index is 0.761. The summed E-state index contributed by atoms with van der Waals surface area (Å²) in [6.07, 6.45) is 6.27. The van der Waals surface area contributed by atoms with Crippen molar-refractivity contribution in [3.8, 4) is 0 Å². The van der Waals surface area contributed by atoms with Gasteiger partial charge in [-0.05, 0) is 24.1 Å². The van der Waals surface area contributed by atoms with E-state index in [2.05, 4.69) is 37.9 Å². The topological polar surface area (TPSA) is 54.4 Å². The molecule has 6 nitrogen and oxygen atoms in total. The van der Waals surface area contributed by atoms with E-state index in [4.69, 9.17) is 4.74 Å². The van der Waals surface area contributed by atoms with Crippen LogP contribution in [0.4, 0.5) is 11.6 Å². The zero-order valence-electron chi connectivity index (χ0n) is 12.9. The van der Waals surface area contributed by atoms with Crippen LogP contribution in [0.25, 0.3) is 0 Å². The summed E-state index contributed by atoms with van der Waals surface area (Å²) in [6.45, 7) is 4.20. The van der Waals surface area contributed by atoms with Gasteiger partial charge in [0.2, 0.25) is 0 Å². The Kier molecular flexibility index (Phi) is 4.80. The van der Waals surface area contributed by atoms with Gasteiger partial charge >= 0.3 is 0 Å². The molecule has 1 fully saturated rings. The van der Waals surface area contributed by atoms with E-state index >= 15 is 0 Å². The standard InChI is InChI=1S/C16H21N5O/c1-20(7-4-14-2-5-17-6-3-14)15-12-16(19-13-18-15)21-8-10-22-11-9-21/h2-3,5-6,12-13H,4,7-11H2,1H3. The van der Waals surface area contributed by atoms with Crippen LogP contribution in [0, 0.1) is 0 Å². The van der Waals surface area contributed by atoms with Crippen molar-refractivity contribution in [2.45, 2.75) is 6.42 Å². The molecule has 0 N–H and O–H groups in total. The van der Waals surface area contributed by atoms with Crippen molar-refractivity contribution in [2.24, 2.45) is 0 Å². The summed E-state index contributed by atoms with van der Waals surface area (Å²) < 4.78 is 5.39. The lowest BCUT2D eigenvalue weighted by atomic mass is 10.2. The van der Waals surface area contributed by atoms with E-state index in [9.17, 15) is 0 Å². The van der Waals surface area contributed by atoms with E-state index in [1.807, 2.05) is 24.5 Å². The summed E-state index contributed by atoms with van der Waals surface area (Å²) >= 11 is 0. The highest BCUT2D eigenvalue weighted by Gasteiger charge is 2.14. The van der Waals surface area contributed by atoms with E-state index in [0.717, 1.165) is 50.9 Å². The van der Waals surface area contributed by atoms with Crippen LogP contribution in [0.3, 0.4) is 0 Å². The number of nitrogens with zero attached hydrogens (tertiary/aromatic N) is 5. The Labute approximate surface area is 130 Å². The Morgan fingerprint density at radius 3 is 2.73 bits per heavy atom. The molecule has 0 bridgehead atoms. The molecular weight excluding hydrogens is 278 g/mol. The van der Waals surface area contributed by atoms with Crippen molar-refractivity contribution in [3.63, 3.8) is 0 Å². The van der Waals surface area contributed by atoms with Gasteiger partial charge in [-0.3, -0.25) is 4.98 Å². The van der Waals surface area contributed by atoms with Gasteiger partial charge in [0.1, 0.15) is 18.0 Å². The highest BCUT2D eigenvalue weighted by molar-refractivity contribution is 5.50. The largest absolute Gasteiger partial charge is 0.378 e. The Morgan fingerprint density at radius 1 is 1.18 bits per heavy atom. The third-order valence-corrected chi connectivity index (χ3v) is 3.85. The van der Waals surface area contributed by atoms with Crippen LogP contribution < -0.4 is 9.80 Å². The predicted molar refractivity (Wildman–Crippen MR) is 86.3 cm³/mol. The van der Waals surface area contributed by atoms with Crippen LogP contribution in [0.5, 0.6) is 0 Å². The van der Waals surface area contributed by atoms with Crippen LogP contribution in [0.2, 0.25) is 0 Å². The fourth-order valence-corrected chi connectivity index (χ4v) is 2.47. The van der Waals surface area contributed by atoms with E-state index in [-0.39, 0.29) is 0 Å². The van der Waals surface area contributed by atoms with E-state index in [0.29, 0.717) is 0 Å². The third-order valence-electron chi connectivity index (χ3n) is 3.85. The van der Waals surface area contributed by atoms with Gasteiger partial charge in [0.25, 0.3) is 0 Å². The number of morpholine rings is 1. The molecule has 0 spiro atoms. The maximum atomic E-state index is 5.39. The first-order chi connectivity index (χ1) is 10.8. The molecule has 6 heteroatoms. The van der Waals surface area contributed by atoms with Gasteiger partial charge in [-0.1, -0.05) is 0 Å². The van der Waals surface area contributed by atoms with Crippen molar-refractivity contribution in [2.75, 3.05) is 49.7 Å². The molecule has 1 aliphatic heterocycles. The lowest BCUT2D eigenvalue weighted by Crippen LogP contribution is -2.37. The molecule has 3 heterocycles. The molecule has 22 heavy (non-hydrogen) atoms. The maximum absolute atomic E-state index is 5.39. The molecule has 0 atom stereocenters. The molecule has 2 aromatic heterocycles. The zero-order chi connectivity index (χ0) is 15.2. The summed E-state index contributed by atoms with van der Waals surface area (Å²) in [4.78, 5) is 17.2. The summed E-state index contributed by atoms with van der Waals surface area (Å²) in [6, 6.07) is 6.15. The van der Waals surface area contributed by atoms with Crippen molar-refractivity contribution in [1.29, 1.82) is 0 Å². The molecule has 116 valence electrons. The van der Waals surface area contributed by atoms with Gasteiger partial charge in [0.05, 0.1) is 13.2 Å². The Balaban J connectivity index is 1.63. The first-order valence-electron chi connectivity index (χ1n) is 7.58. The Hall–Kier alpha value is -2.21. The highest BCUT2D eigenvalue weighted by Crippen LogP contribution is 2.18. The second-order valence-electron chi connectivity index (χ2n) is 5.36. The molecule has 0 aliphatic carbocycles. The first kappa shape index (κ1) is 14.7. The minimum atomic E-state index is 0.761. The second kappa shape index (κ2) is 7.17. The van der Waals surface area contributed by atoms with Gasteiger partial charge in [-0.15, -0.1) is 0 Å². The molecule has 1 aliphatic rings. The molecule has 2 aromatic rings. The fourth-order valence-electron chi connectivity index (χ4n) is 2.47. The zero-order valence-corrected chi connectivity index (χ0v) is 12.9. The number of pyridine rings is 1. The number of hydrogen-bond acceptors (Lipinski definition) is 6. The van der Waals surface area contributed by atoms with Gasteiger partial charge in [0.15, 0.2) is 0 Å². The number of anilines is 2. The van der Waals surface area contributed by atoms with Crippen molar-refractivity contribution in [1.82, 2.24) is 15.0 Å². The number of rotatable bonds is 5. The third kappa shape index (κ3) is 3.71. The van der Waals surface area contributed by atoms with E-state index < -0.39 is 0 Å². The van der Waals surface area contributed by atoms with Crippen LogP contribution in [-0.2, 0) is 11.2 Å². The number of likely N-dealkylation sites (N-methyl/N-ethyl adjacent to an activating group) is 1. The molecule has 3 rings (SSSR count). The smallest absolute Gasteiger partial charge is 0.134 e. The molecule has 0 aromatic carbocycles. The maximum Gasteiger partial charge on any atom is 0.134 e. The molecule has 0 radical (unpaired) electrons. The van der Waals surface area contributed by atoms with E-state index in [1.165, 1.54) is 5.56 Å². The van der Waals surface area contributed by atoms with Gasteiger partial charge in [-0.25, -0.2) is 9.97 Å². The van der Waals surface area contributed by atoms with Gasteiger partial charge in [-0.2, -0.15) is 0 Å². The SMILES string of the molecule is CN(CCc1ccncc1)c1cc(N2CCOCC2)ncn1. The Bertz CT molecular complexity index is 586. The average Bonchev–Trinajstić information content (AvgIpc) is 2.61. The number of hydrogen-bond donors (Lipinski definition) is 0. The van der Waals surface area contributed by atoms with E-state index in [1.54, 1.807) is 6.33 Å². The summed E-state index contributed by atoms with van der Waals surface area (Å²) in [5, 5.41) is 0. The summed E-state index contributed by atoms with van der Waals surface area (Å²) in [5.41, 5.74) is 1.28. The predicted octanol–water partition coefficient (Wildman–Crippen LogP) is 1.39. The summed E-state index contributed by atoms with van der Waals surface area (Å²) in [7, 11) is 2.06. The molecule has 0 saturated carbocycles. The summed E-state index contributed by atoms with van der Waals surface area (Å²) in [5.74, 6) is 1.93. The molecule has 0 amide bonds. The number of ether oxygens (including phenoxy) is 1. The van der Waals surface area contributed by atoms with Crippen LogP contribution in [0.1, 0.15) is 5.56 Å². The molecule has 1 saturated heterocycles. The van der Waals surface area contributed by atoms with Crippen molar-refractivity contribution < 1.29 is 4.74 Å². The van der Waals surface area contributed by atoms with Crippen LogP contribution >= 0.6 is 0 Å². The average molecular weight is 299 g/mol. The normalized spacial score (nSPS) is 14.9. The lowest BCUT2D eigenvalue weighted by molar-refractivity contribution is 0.122. The molecule has 0 unspecified atom stereocenters. The van der Waals surface area contributed by atoms with Crippen molar-refractivity contribution >= 4 is 11.6 Å². The fraction of sp³-hybridized carbons (Fsp3) is 0.438. The highest BCUT2D eigenvalue weighted by atomic mass is 16.5. The van der Waals surface area contributed by atoms with Crippen molar-refractivity contribution in [3.05, 3.63) is 42.5 Å².